The maximum absolute atomic E-state index is 11.7. The van der Waals surface area contributed by atoms with Gasteiger partial charge in [0.15, 0.2) is 5.82 Å². The van der Waals surface area contributed by atoms with Crippen LogP contribution in [0.25, 0.3) is 0 Å². The van der Waals surface area contributed by atoms with E-state index >= 15 is 0 Å². The number of nitrogens with zero attached hydrogens (tertiary/aromatic N) is 5. The quantitative estimate of drug-likeness (QED) is 0.868. The number of piperidine rings is 1. The van der Waals surface area contributed by atoms with Gasteiger partial charge < -0.3 is 10.2 Å². The second-order valence-electron chi connectivity index (χ2n) is 5.29. The summed E-state index contributed by atoms with van der Waals surface area (Å²) in [7, 11) is 0. The van der Waals surface area contributed by atoms with Crippen LogP contribution in [-0.2, 0) is 4.79 Å². The van der Waals surface area contributed by atoms with Crippen molar-refractivity contribution in [1.29, 1.82) is 0 Å². The van der Waals surface area contributed by atoms with Crippen LogP contribution in [0.5, 0.6) is 0 Å². The molecule has 2 aromatic heterocycles. The fraction of sp³-hybridized carbons (Fsp3) is 0.312. The first-order chi connectivity index (χ1) is 11.3. The molecule has 1 fully saturated rings. The smallest absolute Gasteiger partial charge is 0.245 e. The lowest BCUT2D eigenvalue weighted by molar-refractivity contribution is -0.127. The Morgan fingerprint density at radius 1 is 1.13 bits per heavy atom. The summed E-state index contributed by atoms with van der Waals surface area (Å²) >= 11 is 0. The second-order valence-corrected chi connectivity index (χ2v) is 5.29. The molecule has 2 aromatic rings. The summed E-state index contributed by atoms with van der Waals surface area (Å²) in [6, 6.07) is 1.76. The summed E-state index contributed by atoms with van der Waals surface area (Å²) in [5, 5.41) is 3.12. The van der Waals surface area contributed by atoms with Gasteiger partial charge in [-0.1, -0.05) is 6.58 Å². The summed E-state index contributed by atoms with van der Waals surface area (Å²) in [6.45, 7) is 4.94. The van der Waals surface area contributed by atoms with E-state index in [1.165, 1.54) is 6.08 Å². The van der Waals surface area contributed by atoms with Gasteiger partial charge in [-0.2, -0.15) is 0 Å². The SMILES string of the molecule is C=CC(=O)N1CCC(c2nccnc2Nc2ncccn2)CC1. The standard InChI is InChI=1S/C16H18N6O/c1-2-13(23)22-10-4-12(5-11-22)14-15(18-9-8-17-14)21-16-19-6-3-7-20-16/h2-3,6-9,12H,1,4-5,10-11H2,(H,18,19,20,21). The molecule has 0 unspecified atom stereocenters. The van der Waals surface area contributed by atoms with Crippen LogP contribution in [0.4, 0.5) is 11.8 Å². The summed E-state index contributed by atoms with van der Waals surface area (Å²) < 4.78 is 0. The van der Waals surface area contributed by atoms with Crippen molar-refractivity contribution in [1.82, 2.24) is 24.8 Å². The summed E-state index contributed by atoms with van der Waals surface area (Å²) in [6.07, 6.45) is 9.74. The Bertz CT molecular complexity index is 682. The van der Waals surface area contributed by atoms with Gasteiger partial charge in [0.25, 0.3) is 0 Å². The molecule has 1 aliphatic heterocycles. The lowest BCUT2D eigenvalue weighted by Crippen LogP contribution is -2.37. The molecule has 1 aliphatic rings. The molecule has 7 heteroatoms. The second kappa shape index (κ2) is 6.95. The summed E-state index contributed by atoms with van der Waals surface area (Å²) in [5.74, 6) is 1.41. The van der Waals surface area contributed by atoms with Crippen molar-refractivity contribution in [3.8, 4) is 0 Å². The van der Waals surface area contributed by atoms with Gasteiger partial charge in [0.2, 0.25) is 11.9 Å². The lowest BCUT2D eigenvalue weighted by atomic mass is 9.93. The molecular weight excluding hydrogens is 292 g/mol. The van der Waals surface area contributed by atoms with Crippen LogP contribution in [0, 0.1) is 0 Å². The molecule has 23 heavy (non-hydrogen) atoms. The molecule has 1 saturated heterocycles. The highest BCUT2D eigenvalue weighted by Gasteiger charge is 2.25. The highest BCUT2D eigenvalue weighted by molar-refractivity contribution is 5.87. The van der Waals surface area contributed by atoms with Gasteiger partial charge in [-0.3, -0.25) is 9.78 Å². The number of anilines is 2. The van der Waals surface area contributed by atoms with Crippen LogP contribution in [-0.4, -0.2) is 43.8 Å². The Kier molecular flexibility index (Phi) is 4.56. The Morgan fingerprint density at radius 3 is 2.52 bits per heavy atom. The molecule has 0 spiro atoms. The molecule has 0 bridgehead atoms. The zero-order valence-corrected chi connectivity index (χ0v) is 12.7. The fourth-order valence-electron chi connectivity index (χ4n) is 2.72. The first-order valence-electron chi connectivity index (χ1n) is 7.54. The molecule has 3 rings (SSSR count). The van der Waals surface area contributed by atoms with Gasteiger partial charge in [-0.25, -0.2) is 15.0 Å². The lowest BCUT2D eigenvalue weighted by Gasteiger charge is -2.31. The third-order valence-electron chi connectivity index (χ3n) is 3.89. The highest BCUT2D eigenvalue weighted by atomic mass is 16.2. The number of aromatic nitrogens is 4. The number of nitrogens with one attached hydrogen (secondary N) is 1. The number of amides is 1. The van der Waals surface area contributed by atoms with Crippen LogP contribution in [0.1, 0.15) is 24.5 Å². The minimum atomic E-state index is -0.0152. The number of likely N-dealkylation sites (tertiary alicyclic amines) is 1. The van der Waals surface area contributed by atoms with Crippen LogP contribution < -0.4 is 5.32 Å². The topological polar surface area (TPSA) is 83.9 Å². The number of hydrogen-bond donors (Lipinski definition) is 1. The van der Waals surface area contributed by atoms with Crippen LogP contribution >= 0.6 is 0 Å². The molecule has 1 N–H and O–H groups in total. The van der Waals surface area contributed by atoms with Gasteiger partial charge in [-0.05, 0) is 25.0 Å². The Hall–Kier alpha value is -2.83. The van der Waals surface area contributed by atoms with Crippen molar-refractivity contribution in [3.63, 3.8) is 0 Å². The maximum Gasteiger partial charge on any atom is 0.245 e. The molecular formula is C16H18N6O. The minimum absolute atomic E-state index is 0.0152. The predicted octanol–water partition coefficient (Wildman–Crippen LogP) is 1.90. The fourth-order valence-corrected chi connectivity index (χ4v) is 2.72. The minimum Gasteiger partial charge on any atom is -0.339 e. The van der Waals surface area contributed by atoms with E-state index in [1.54, 1.807) is 30.9 Å². The van der Waals surface area contributed by atoms with E-state index < -0.39 is 0 Å². The molecule has 0 atom stereocenters. The van der Waals surface area contributed by atoms with Crippen molar-refractivity contribution in [2.24, 2.45) is 0 Å². The third-order valence-corrected chi connectivity index (χ3v) is 3.89. The average Bonchev–Trinajstić information content (AvgIpc) is 2.62. The Labute approximate surface area is 134 Å². The number of rotatable bonds is 4. The molecule has 7 nitrogen and oxygen atoms in total. The maximum atomic E-state index is 11.7. The van der Waals surface area contributed by atoms with Crippen molar-refractivity contribution >= 4 is 17.7 Å². The van der Waals surface area contributed by atoms with Crippen molar-refractivity contribution in [3.05, 3.63) is 49.2 Å². The normalized spacial score (nSPS) is 15.2. The highest BCUT2D eigenvalue weighted by Crippen LogP contribution is 2.31. The van der Waals surface area contributed by atoms with E-state index in [0.29, 0.717) is 24.9 Å². The number of hydrogen-bond acceptors (Lipinski definition) is 6. The van der Waals surface area contributed by atoms with Crippen LogP contribution in [0.15, 0.2) is 43.5 Å². The monoisotopic (exact) mass is 310 g/mol. The molecule has 3 heterocycles. The van der Waals surface area contributed by atoms with Crippen LogP contribution in [0.3, 0.4) is 0 Å². The largest absolute Gasteiger partial charge is 0.339 e. The van der Waals surface area contributed by atoms with E-state index in [1.807, 2.05) is 4.90 Å². The molecule has 0 aliphatic carbocycles. The van der Waals surface area contributed by atoms with E-state index in [0.717, 1.165) is 18.5 Å². The molecule has 1 amide bonds. The molecule has 0 radical (unpaired) electrons. The Balaban J connectivity index is 1.74. The number of carbonyl (C=O) groups excluding carboxylic acids is 1. The van der Waals surface area contributed by atoms with Crippen LogP contribution in [0.2, 0.25) is 0 Å². The molecule has 0 saturated carbocycles. The van der Waals surface area contributed by atoms with Crippen molar-refractivity contribution < 1.29 is 4.79 Å². The average molecular weight is 310 g/mol. The van der Waals surface area contributed by atoms with E-state index in [-0.39, 0.29) is 11.8 Å². The van der Waals surface area contributed by atoms with Crippen molar-refractivity contribution in [2.75, 3.05) is 18.4 Å². The van der Waals surface area contributed by atoms with Crippen molar-refractivity contribution in [2.45, 2.75) is 18.8 Å². The van der Waals surface area contributed by atoms with E-state index in [4.69, 9.17) is 0 Å². The van der Waals surface area contributed by atoms with Gasteiger partial charge in [0, 0.05) is 43.8 Å². The first kappa shape index (κ1) is 15.1. The molecule has 0 aromatic carbocycles. The number of carbonyl (C=O) groups is 1. The Morgan fingerprint density at radius 2 is 1.83 bits per heavy atom. The van der Waals surface area contributed by atoms with Gasteiger partial charge >= 0.3 is 0 Å². The van der Waals surface area contributed by atoms with Gasteiger partial charge in [0.1, 0.15) is 0 Å². The van der Waals surface area contributed by atoms with E-state index in [9.17, 15) is 4.79 Å². The third kappa shape index (κ3) is 3.50. The zero-order valence-electron chi connectivity index (χ0n) is 12.7. The van der Waals surface area contributed by atoms with E-state index in [2.05, 4.69) is 31.8 Å². The summed E-state index contributed by atoms with van der Waals surface area (Å²) in [4.78, 5) is 30.6. The zero-order chi connectivity index (χ0) is 16.1. The van der Waals surface area contributed by atoms with Gasteiger partial charge in [0.05, 0.1) is 5.69 Å². The first-order valence-corrected chi connectivity index (χ1v) is 7.54. The predicted molar refractivity (Wildman–Crippen MR) is 86.1 cm³/mol. The molecule has 118 valence electrons. The van der Waals surface area contributed by atoms with Gasteiger partial charge in [-0.15, -0.1) is 0 Å². The summed E-state index contributed by atoms with van der Waals surface area (Å²) in [5.41, 5.74) is 0.894.